The van der Waals surface area contributed by atoms with Gasteiger partial charge in [0.1, 0.15) is 12.8 Å². The minimum atomic E-state index is -0.565. The lowest BCUT2D eigenvalue weighted by Gasteiger charge is -2.18. The minimum absolute atomic E-state index is 0.127. The van der Waals surface area contributed by atoms with E-state index in [2.05, 4.69) is 9.84 Å². The van der Waals surface area contributed by atoms with Crippen LogP contribution in [0.5, 0.6) is 0 Å². The molecule has 90 valence electrons. The molecule has 1 rings (SSSR count). The number of carbonyl (C=O) groups excluding carboxylic acids is 2. The first-order valence-electron chi connectivity index (χ1n) is 5.23. The summed E-state index contributed by atoms with van der Waals surface area (Å²) in [5.74, 6) is -0.351. The van der Waals surface area contributed by atoms with E-state index in [4.69, 9.17) is 4.74 Å². The molecule has 0 aromatic rings. The van der Waals surface area contributed by atoms with E-state index in [1.54, 1.807) is 6.92 Å². The molecule has 16 heavy (non-hydrogen) atoms. The van der Waals surface area contributed by atoms with Crippen LogP contribution in [0.1, 0.15) is 20.8 Å². The summed E-state index contributed by atoms with van der Waals surface area (Å²) in [5, 5.41) is 4.97. The van der Waals surface area contributed by atoms with Crippen LogP contribution in [0.15, 0.2) is 5.10 Å². The van der Waals surface area contributed by atoms with Gasteiger partial charge in [-0.2, -0.15) is 10.1 Å². The van der Waals surface area contributed by atoms with Gasteiger partial charge in [-0.25, -0.2) is 9.59 Å². The minimum Gasteiger partial charge on any atom is -0.462 e. The van der Waals surface area contributed by atoms with Gasteiger partial charge in [0.2, 0.25) is 0 Å². The lowest BCUT2D eigenvalue weighted by molar-refractivity contribution is -0.134. The van der Waals surface area contributed by atoms with Crippen LogP contribution in [0.3, 0.4) is 0 Å². The molecule has 0 unspecified atom stereocenters. The number of ether oxygens (including phenoxy) is 2. The molecule has 0 saturated carbocycles. The van der Waals surface area contributed by atoms with Crippen LogP contribution >= 0.6 is 0 Å². The fraction of sp³-hybridized carbons (Fsp3) is 0.700. The molecule has 0 spiro atoms. The van der Waals surface area contributed by atoms with Crippen molar-refractivity contribution >= 4 is 18.3 Å². The predicted molar refractivity (Wildman–Crippen MR) is 56.9 cm³/mol. The number of hydrogen-bond acceptors (Lipinski definition) is 5. The van der Waals surface area contributed by atoms with Crippen molar-refractivity contribution in [3.63, 3.8) is 0 Å². The van der Waals surface area contributed by atoms with Crippen molar-refractivity contribution in [2.45, 2.75) is 26.8 Å². The maximum Gasteiger partial charge on any atom is 0.430 e. The monoisotopic (exact) mass is 228 g/mol. The van der Waals surface area contributed by atoms with Crippen molar-refractivity contribution < 1.29 is 19.1 Å². The molecule has 1 amide bonds. The highest BCUT2D eigenvalue weighted by Gasteiger charge is 2.35. The molecular formula is C10H16N2O4. The molecule has 6 nitrogen and oxygen atoms in total. The van der Waals surface area contributed by atoms with E-state index in [1.165, 1.54) is 5.01 Å². The van der Waals surface area contributed by atoms with E-state index >= 15 is 0 Å². The Morgan fingerprint density at radius 1 is 1.75 bits per heavy atom. The quantitative estimate of drug-likeness (QED) is 0.532. The van der Waals surface area contributed by atoms with Gasteiger partial charge in [-0.05, 0) is 12.8 Å². The van der Waals surface area contributed by atoms with E-state index in [0.717, 1.165) is 6.21 Å². The Morgan fingerprint density at radius 3 is 3.00 bits per heavy atom. The zero-order chi connectivity index (χ0) is 12.1. The summed E-state index contributed by atoms with van der Waals surface area (Å²) >= 11 is 0. The largest absolute Gasteiger partial charge is 0.462 e. The maximum atomic E-state index is 11.3. The molecule has 0 radical (unpaired) electrons. The van der Waals surface area contributed by atoms with Crippen molar-refractivity contribution in [3.05, 3.63) is 0 Å². The molecule has 0 aromatic carbocycles. The summed E-state index contributed by atoms with van der Waals surface area (Å²) < 4.78 is 9.52. The number of carbonyl (C=O) groups is 2. The molecule has 1 aliphatic heterocycles. The molecule has 1 fully saturated rings. The maximum absolute atomic E-state index is 11.3. The summed E-state index contributed by atoms with van der Waals surface area (Å²) in [5.41, 5.74) is 0. The van der Waals surface area contributed by atoms with Crippen LogP contribution in [0.4, 0.5) is 4.79 Å². The van der Waals surface area contributed by atoms with E-state index in [1.807, 2.05) is 13.8 Å². The first-order valence-corrected chi connectivity index (χ1v) is 5.23. The van der Waals surface area contributed by atoms with E-state index in [-0.39, 0.29) is 18.6 Å². The molecule has 1 heterocycles. The number of esters is 1. The average Bonchev–Trinajstić information content (AvgIpc) is 2.57. The van der Waals surface area contributed by atoms with Crippen LogP contribution in [0, 0.1) is 5.92 Å². The van der Waals surface area contributed by atoms with Gasteiger partial charge in [-0.15, -0.1) is 0 Å². The molecule has 6 heteroatoms. The van der Waals surface area contributed by atoms with Crippen LogP contribution in [-0.2, 0) is 14.3 Å². The zero-order valence-electron chi connectivity index (χ0n) is 9.67. The van der Waals surface area contributed by atoms with E-state index < -0.39 is 12.1 Å². The van der Waals surface area contributed by atoms with E-state index in [0.29, 0.717) is 6.61 Å². The summed E-state index contributed by atoms with van der Waals surface area (Å²) in [4.78, 5) is 22.3. The third-order valence-corrected chi connectivity index (χ3v) is 2.22. The third kappa shape index (κ3) is 2.95. The van der Waals surface area contributed by atoms with Gasteiger partial charge in [0.05, 0.1) is 12.6 Å². The Hall–Kier alpha value is -1.59. The average molecular weight is 228 g/mol. The number of amides is 1. The fourth-order valence-corrected chi connectivity index (χ4v) is 1.33. The van der Waals surface area contributed by atoms with Crippen molar-refractivity contribution in [2.75, 3.05) is 13.2 Å². The van der Waals surface area contributed by atoms with Crippen molar-refractivity contribution in [1.29, 1.82) is 0 Å². The molecule has 1 atom stereocenters. The number of hydrogen-bond donors (Lipinski definition) is 0. The van der Waals surface area contributed by atoms with Gasteiger partial charge in [-0.1, -0.05) is 13.8 Å². The van der Waals surface area contributed by atoms with Gasteiger partial charge < -0.3 is 9.47 Å². The highest BCUT2D eigenvalue weighted by molar-refractivity contribution is 6.23. The van der Waals surface area contributed by atoms with E-state index in [9.17, 15) is 9.59 Å². The van der Waals surface area contributed by atoms with Gasteiger partial charge in [0.15, 0.2) is 0 Å². The first kappa shape index (κ1) is 12.5. The van der Waals surface area contributed by atoms with Crippen molar-refractivity contribution in [3.8, 4) is 0 Å². The number of rotatable bonds is 4. The van der Waals surface area contributed by atoms with Crippen LogP contribution in [0.25, 0.3) is 0 Å². The molecule has 0 aliphatic carbocycles. The van der Waals surface area contributed by atoms with Crippen LogP contribution < -0.4 is 0 Å². The Kier molecular flexibility index (Phi) is 4.28. The Balaban J connectivity index is 2.63. The number of hydrazone groups is 1. The Morgan fingerprint density at radius 2 is 2.44 bits per heavy atom. The fourth-order valence-electron chi connectivity index (χ4n) is 1.33. The highest BCUT2D eigenvalue weighted by Crippen LogP contribution is 2.19. The zero-order valence-corrected chi connectivity index (χ0v) is 9.67. The predicted octanol–water partition coefficient (Wildman–Crippen LogP) is 1.01. The summed E-state index contributed by atoms with van der Waals surface area (Å²) in [7, 11) is 0. The van der Waals surface area contributed by atoms with Crippen molar-refractivity contribution in [1.82, 2.24) is 5.01 Å². The normalized spacial score (nSPS) is 20.6. The highest BCUT2D eigenvalue weighted by atomic mass is 16.6. The van der Waals surface area contributed by atoms with Crippen molar-refractivity contribution in [2.24, 2.45) is 11.0 Å². The molecule has 0 bridgehead atoms. The number of nitrogens with zero attached hydrogens (tertiary/aromatic N) is 2. The second kappa shape index (κ2) is 5.48. The molecule has 0 aromatic heterocycles. The third-order valence-electron chi connectivity index (χ3n) is 2.22. The molecular weight excluding hydrogens is 212 g/mol. The Bertz CT molecular complexity index is 301. The second-order valence-electron chi connectivity index (χ2n) is 3.73. The van der Waals surface area contributed by atoms with Crippen LogP contribution in [-0.4, -0.2) is 42.5 Å². The Labute approximate surface area is 94.2 Å². The summed E-state index contributed by atoms with van der Waals surface area (Å²) in [6.07, 6.45) is 0.463. The second-order valence-corrected chi connectivity index (χ2v) is 3.73. The standard InChI is InChI=1S/C10H16N2O4/c1-4-15-9(13)5-11-12-8(7(2)3)6-16-10(12)14/h5,7-8H,4,6H2,1-3H3/b11-5+/t8-/m1/s1. The number of cyclic esters (lactones) is 1. The smallest absolute Gasteiger partial charge is 0.430 e. The lowest BCUT2D eigenvalue weighted by atomic mass is 10.1. The molecule has 1 aliphatic rings. The van der Waals surface area contributed by atoms with Gasteiger partial charge in [0, 0.05) is 0 Å². The topological polar surface area (TPSA) is 68.2 Å². The van der Waals surface area contributed by atoms with Gasteiger partial charge in [0.25, 0.3) is 0 Å². The van der Waals surface area contributed by atoms with Crippen LogP contribution in [0.2, 0.25) is 0 Å². The molecule has 0 N–H and O–H groups in total. The SMILES string of the molecule is CCOC(=O)/C=N/N1C(=O)OC[C@@H]1C(C)C. The first-order chi connectivity index (χ1) is 7.56. The summed E-state index contributed by atoms with van der Waals surface area (Å²) in [6, 6.07) is -0.127. The summed E-state index contributed by atoms with van der Waals surface area (Å²) in [6.45, 7) is 6.20. The van der Waals surface area contributed by atoms with Gasteiger partial charge in [-0.3, -0.25) is 0 Å². The van der Waals surface area contributed by atoms with Gasteiger partial charge >= 0.3 is 12.1 Å². The molecule has 1 saturated heterocycles. The lowest BCUT2D eigenvalue weighted by Crippen LogP contribution is -2.33.